The smallest absolute Gasteiger partial charge is 0.237 e. The van der Waals surface area contributed by atoms with E-state index in [0.29, 0.717) is 22.7 Å². The molecule has 7 atom stereocenters. The van der Waals surface area contributed by atoms with Crippen molar-refractivity contribution in [1.82, 2.24) is 4.90 Å². The second-order valence-electron chi connectivity index (χ2n) is 16.9. The van der Waals surface area contributed by atoms with Crippen molar-refractivity contribution in [3.63, 3.8) is 0 Å². The Morgan fingerprint density at radius 3 is 2.10 bits per heavy atom. The van der Waals surface area contributed by atoms with Gasteiger partial charge in [-0.25, -0.2) is 4.39 Å². The van der Waals surface area contributed by atoms with Crippen LogP contribution in [-0.4, -0.2) is 43.1 Å². The Hall–Kier alpha value is -3.04. The molecule has 1 spiro atoms. The van der Waals surface area contributed by atoms with Crippen molar-refractivity contribution in [1.29, 1.82) is 0 Å². The van der Waals surface area contributed by atoms with Crippen LogP contribution in [0.5, 0.6) is 0 Å². The van der Waals surface area contributed by atoms with Crippen LogP contribution in [0.4, 0.5) is 10.1 Å². The van der Waals surface area contributed by atoms with Gasteiger partial charge >= 0.3 is 0 Å². The average molecular weight is 761 g/mol. The average Bonchev–Trinajstić information content (AvgIpc) is 3.51. The summed E-state index contributed by atoms with van der Waals surface area (Å²) in [6.45, 7) is 17.1. The Labute approximate surface area is 320 Å². The van der Waals surface area contributed by atoms with Crippen LogP contribution in [0.3, 0.4) is 0 Å². The zero-order chi connectivity index (χ0) is 37.7. The van der Waals surface area contributed by atoms with Crippen molar-refractivity contribution < 1.29 is 18.7 Å². The van der Waals surface area contributed by atoms with Crippen molar-refractivity contribution in [2.75, 3.05) is 5.32 Å². The number of nitrogens with zero attached hydrogens (tertiary/aromatic N) is 1. The van der Waals surface area contributed by atoms with Gasteiger partial charge in [-0.2, -0.15) is 0 Å². The molecule has 4 aromatic carbocycles. The monoisotopic (exact) mass is 759 g/mol. The van der Waals surface area contributed by atoms with Crippen molar-refractivity contribution in [3.8, 4) is 0 Å². The van der Waals surface area contributed by atoms with E-state index in [4.69, 9.17) is 27.6 Å². The molecule has 5 nitrogen and oxygen atoms in total. The van der Waals surface area contributed by atoms with Crippen LogP contribution in [0, 0.1) is 16.6 Å². The first-order valence-corrected chi connectivity index (χ1v) is 21.2. The maximum Gasteiger partial charge on any atom is 0.237 e. The summed E-state index contributed by atoms with van der Waals surface area (Å²) in [5.74, 6) is -1.58. The SMILES string of the molecule is C[Si](C)OC(C1C(c2cccc(Cl)c2F)C2(C(=O)Nc3cc(Cl)ccc32)C(CC(C)(C)C)N1C(c1ccccc1)C(O)c1ccccc1)C(C)(C)C. The molecular formula is C43H50Cl2FN2O3Si. The second kappa shape index (κ2) is 14.7. The second-order valence-corrected chi connectivity index (χ2v) is 19.8. The molecule has 0 aliphatic carbocycles. The number of hydrogen-bond acceptors (Lipinski definition) is 4. The number of carbonyl (C=O) groups excluding carboxylic acids is 1. The highest BCUT2D eigenvalue weighted by atomic mass is 35.5. The van der Waals surface area contributed by atoms with Gasteiger partial charge in [0.15, 0.2) is 0 Å². The molecule has 7 unspecified atom stereocenters. The van der Waals surface area contributed by atoms with E-state index < -0.39 is 61.9 Å². The Bertz CT molecular complexity index is 1900. The molecule has 0 saturated carbocycles. The van der Waals surface area contributed by atoms with Crippen LogP contribution >= 0.6 is 23.2 Å². The van der Waals surface area contributed by atoms with Gasteiger partial charge < -0.3 is 14.8 Å². The van der Waals surface area contributed by atoms with Gasteiger partial charge in [-0.05, 0) is 70.8 Å². The molecule has 2 heterocycles. The van der Waals surface area contributed by atoms with E-state index >= 15 is 9.18 Å². The summed E-state index contributed by atoms with van der Waals surface area (Å²) < 4.78 is 24.1. The molecule has 9 heteroatoms. The fourth-order valence-corrected chi connectivity index (χ4v) is 10.2. The number of likely N-dealkylation sites (tertiary alicyclic amines) is 1. The Morgan fingerprint density at radius 1 is 0.904 bits per heavy atom. The van der Waals surface area contributed by atoms with E-state index in [0.717, 1.165) is 16.7 Å². The highest BCUT2D eigenvalue weighted by molar-refractivity contribution is 6.48. The summed E-state index contributed by atoms with van der Waals surface area (Å²) >= 11 is 13.2. The topological polar surface area (TPSA) is 61.8 Å². The summed E-state index contributed by atoms with van der Waals surface area (Å²) in [6, 6.07) is 28.4. The molecule has 0 bridgehead atoms. The lowest BCUT2D eigenvalue weighted by atomic mass is 9.61. The van der Waals surface area contributed by atoms with Crippen molar-refractivity contribution in [2.24, 2.45) is 10.8 Å². The number of nitrogens with one attached hydrogen (secondary N) is 1. The summed E-state index contributed by atoms with van der Waals surface area (Å²) in [4.78, 5) is 17.7. The van der Waals surface area contributed by atoms with E-state index in [1.165, 1.54) is 0 Å². The predicted octanol–water partition coefficient (Wildman–Crippen LogP) is 10.8. The minimum Gasteiger partial charge on any atom is -0.412 e. The lowest BCUT2D eigenvalue weighted by molar-refractivity contribution is -0.123. The molecule has 1 amide bonds. The standard InChI is InChI=1S/C43H50Cl2FN2O3Si/c1-41(2,3)25-33-43(30-23-22-28(44)24-32(30)47-40(43)50)34(29-20-15-21-31(45)35(29)46)37(39(42(4,5)6)51-52(7)8)48(33)36(26-16-11-9-12-17-26)38(49)27-18-13-10-14-19-27/h9-24,33-34,36-39,49H,25H2,1-8H3,(H,47,50). The number of carbonyl (C=O) groups is 1. The molecule has 275 valence electrons. The number of amides is 1. The zero-order valence-corrected chi connectivity index (χ0v) is 33.8. The van der Waals surface area contributed by atoms with Gasteiger partial charge in [0, 0.05) is 28.7 Å². The van der Waals surface area contributed by atoms with Crippen molar-refractivity contribution >= 4 is 43.8 Å². The lowest BCUT2D eigenvalue weighted by Gasteiger charge is -2.48. The van der Waals surface area contributed by atoms with Crippen LogP contribution in [0.2, 0.25) is 23.1 Å². The first-order chi connectivity index (χ1) is 24.5. The van der Waals surface area contributed by atoms with Gasteiger partial charge in [-0.1, -0.05) is 144 Å². The molecule has 0 aromatic heterocycles. The fraction of sp³-hybridized carbons (Fsp3) is 0.419. The number of rotatable bonds is 9. The summed E-state index contributed by atoms with van der Waals surface area (Å²) in [5, 5.41) is 16.5. The highest BCUT2D eigenvalue weighted by Gasteiger charge is 2.71. The van der Waals surface area contributed by atoms with E-state index in [2.05, 4.69) is 64.9 Å². The molecule has 1 saturated heterocycles. The van der Waals surface area contributed by atoms with Crippen molar-refractivity contribution in [3.05, 3.63) is 135 Å². The van der Waals surface area contributed by atoms with Crippen LogP contribution < -0.4 is 5.32 Å². The van der Waals surface area contributed by atoms with Gasteiger partial charge in [0.1, 0.15) is 11.2 Å². The first-order valence-electron chi connectivity index (χ1n) is 18.0. The van der Waals surface area contributed by atoms with Gasteiger partial charge in [0.05, 0.1) is 23.3 Å². The molecule has 6 rings (SSSR count). The minimum atomic E-state index is -1.35. The highest BCUT2D eigenvalue weighted by Crippen LogP contribution is 2.64. The minimum absolute atomic E-state index is 0.0140. The van der Waals surface area contributed by atoms with Crippen LogP contribution in [0.25, 0.3) is 0 Å². The Kier molecular flexibility index (Phi) is 10.9. The Morgan fingerprint density at radius 2 is 1.52 bits per heavy atom. The van der Waals surface area contributed by atoms with Crippen molar-refractivity contribution in [2.45, 2.75) is 103 Å². The third-order valence-corrected chi connectivity index (χ3v) is 11.9. The first kappa shape index (κ1) is 38.7. The number of fused-ring (bicyclic) bond motifs is 2. The maximum absolute atomic E-state index is 17.0. The Balaban J connectivity index is 1.81. The molecule has 1 fully saturated rings. The number of halogens is 3. The predicted molar refractivity (Wildman–Crippen MR) is 212 cm³/mol. The summed E-state index contributed by atoms with van der Waals surface area (Å²) in [6.07, 6.45) is -0.980. The summed E-state index contributed by atoms with van der Waals surface area (Å²) in [5.41, 5.74) is 1.19. The molecule has 52 heavy (non-hydrogen) atoms. The molecule has 2 aliphatic heterocycles. The van der Waals surface area contributed by atoms with Crippen LogP contribution in [0.1, 0.15) is 88.3 Å². The van der Waals surface area contributed by atoms with E-state index in [1.54, 1.807) is 24.3 Å². The molecule has 2 aliphatic rings. The third-order valence-electron chi connectivity index (χ3n) is 10.7. The maximum atomic E-state index is 17.0. The van der Waals surface area contributed by atoms with Gasteiger partial charge in [-0.3, -0.25) is 9.69 Å². The zero-order valence-electron chi connectivity index (χ0n) is 31.3. The summed E-state index contributed by atoms with van der Waals surface area (Å²) in [7, 11) is -1.35. The largest absolute Gasteiger partial charge is 0.412 e. The molecule has 4 aromatic rings. The normalized spacial score (nSPS) is 23.9. The van der Waals surface area contributed by atoms with E-state index in [-0.39, 0.29) is 16.3 Å². The van der Waals surface area contributed by atoms with Crippen LogP contribution in [-0.2, 0) is 14.6 Å². The van der Waals surface area contributed by atoms with Crippen LogP contribution in [0.15, 0.2) is 97.1 Å². The molecule has 1 radical (unpaired) electrons. The van der Waals surface area contributed by atoms with Gasteiger partial charge in [0.25, 0.3) is 0 Å². The van der Waals surface area contributed by atoms with E-state index in [1.807, 2.05) is 72.8 Å². The number of aliphatic hydroxyl groups is 1. The lowest BCUT2D eigenvalue weighted by Crippen LogP contribution is -2.54. The molecular weight excluding hydrogens is 710 g/mol. The number of benzene rings is 4. The number of anilines is 1. The number of aliphatic hydroxyl groups excluding tert-OH is 1. The third kappa shape index (κ3) is 7.01. The van der Waals surface area contributed by atoms with E-state index in [9.17, 15) is 5.11 Å². The fourth-order valence-electron chi connectivity index (χ4n) is 8.82. The molecule has 2 N–H and O–H groups in total. The van der Waals surface area contributed by atoms with Gasteiger partial charge in [-0.15, -0.1) is 0 Å². The quantitative estimate of drug-likeness (QED) is 0.167. The van der Waals surface area contributed by atoms with Gasteiger partial charge in [0.2, 0.25) is 14.9 Å². The number of hydrogen-bond donors (Lipinski definition) is 2.